The minimum absolute atomic E-state index is 0.0338. The first kappa shape index (κ1) is 28.8. The van der Waals surface area contributed by atoms with Gasteiger partial charge in [0.25, 0.3) is 5.56 Å². The zero-order chi connectivity index (χ0) is 30.1. The summed E-state index contributed by atoms with van der Waals surface area (Å²) in [7, 11) is 0. The summed E-state index contributed by atoms with van der Waals surface area (Å²) < 4.78 is 36.5. The van der Waals surface area contributed by atoms with E-state index in [-0.39, 0.29) is 17.7 Å². The van der Waals surface area contributed by atoms with Gasteiger partial charge >= 0.3 is 0 Å². The summed E-state index contributed by atoms with van der Waals surface area (Å²) in [6, 6.07) is 15.3. The number of piperidine rings is 1. The minimum Gasteiger partial charge on any atom is -0.453 e. The van der Waals surface area contributed by atoms with Gasteiger partial charge < -0.3 is 9.64 Å². The fourth-order valence-corrected chi connectivity index (χ4v) is 6.68. The number of nitrogens with zero attached hydrogens (tertiary/aromatic N) is 4. The Hall–Kier alpha value is -4.28. The van der Waals surface area contributed by atoms with Crippen LogP contribution in [-0.2, 0) is 6.42 Å². The zero-order valence-electron chi connectivity index (χ0n) is 23.8. The van der Waals surface area contributed by atoms with Crippen molar-refractivity contribution in [3.05, 3.63) is 111 Å². The van der Waals surface area contributed by atoms with Crippen LogP contribution in [0.15, 0.2) is 77.9 Å². The lowest BCUT2D eigenvalue weighted by molar-refractivity contribution is 0.0991. The Morgan fingerprint density at radius 3 is 2.49 bits per heavy atom. The highest BCUT2D eigenvalue weighted by Gasteiger charge is 2.24. The highest BCUT2D eigenvalue weighted by atomic mass is 32.1. The predicted molar refractivity (Wildman–Crippen MR) is 163 cm³/mol. The Labute approximate surface area is 251 Å². The molecule has 0 bridgehead atoms. The highest BCUT2D eigenvalue weighted by Crippen LogP contribution is 2.41. The first-order valence-electron chi connectivity index (χ1n) is 14.2. The number of rotatable bonds is 8. The molecular formula is C33H30F2N4O3S. The summed E-state index contributed by atoms with van der Waals surface area (Å²) in [6.07, 6.45) is 4.98. The molecular weight excluding hydrogens is 570 g/mol. The third kappa shape index (κ3) is 6.11. The van der Waals surface area contributed by atoms with E-state index in [0.717, 1.165) is 40.8 Å². The van der Waals surface area contributed by atoms with E-state index in [4.69, 9.17) is 4.74 Å². The van der Waals surface area contributed by atoms with Gasteiger partial charge in [-0.1, -0.05) is 6.07 Å². The molecule has 43 heavy (non-hydrogen) atoms. The molecule has 0 N–H and O–H groups in total. The number of pyridine rings is 1. The normalized spacial score (nSPS) is 14.4. The number of aromatic nitrogens is 3. The molecule has 1 aliphatic heterocycles. The summed E-state index contributed by atoms with van der Waals surface area (Å²) in [5.41, 5.74) is 0.818. The van der Waals surface area contributed by atoms with Crippen LogP contribution < -0.4 is 10.3 Å². The fourth-order valence-electron chi connectivity index (χ4n) is 5.44. The molecule has 0 atom stereocenters. The summed E-state index contributed by atoms with van der Waals surface area (Å²) >= 11 is 1.65. The molecule has 10 heteroatoms. The number of carbonyl (C=O) groups excluding carboxylic acids is 1. The first-order chi connectivity index (χ1) is 20.8. The Morgan fingerprint density at radius 1 is 1.00 bits per heavy atom. The molecule has 0 aliphatic carbocycles. The van der Waals surface area contributed by atoms with Crippen LogP contribution in [0, 0.1) is 11.6 Å². The number of halogens is 2. The predicted octanol–water partition coefficient (Wildman–Crippen LogP) is 6.93. The molecule has 4 heterocycles. The van der Waals surface area contributed by atoms with Crippen LogP contribution in [0.25, 0.3) is 15.9 Å². The van der Waals surface area contributed by atoms with Crippen LogP contribution in [-0.4, -0.2) is 44.6 Å². The third-order valence-corrected chi connectivity index (χ3v) is 9.16. The second-order valence-corrected chi connectivity index (χ2v) is 12.1. The van der Waals surface area contributed by atoms with E-state index in [0.29, 0.717) is 29.0 Å². The molecule has 0 spiro atoms. The van der Waals surface area contributed by atoms with E-state index in [9.17, 15) is 14.0 Å². The summed E-state index contributed by atoms with van der Waals surface area (Å²) in [5, 5.41) is 4.00. The SMILES string of the molecule is CC(C)N1CCC(c2cc3nccc(Oc4ccc(CC(=O)c5ccnn(-c6ccc(F)cc6)c5=O)cc4F)c3s2)CC1. The first-order valence-corrected chi connectivity index (χ1v) is 15.0. The van der Waals surface area contributed by atoms with Crippen molar-refractivity contribution in [3.63, 3.8) is 0 Å². The van der Waals surface area contributed by atoms with Crippen molar-refractivity contribution in [2.45, 2.75) is 45.1 Å². The van der Waals surface area contributed by atoms with E-state index in [1.54, 1.807) is 29.7 Å². The van der Waals surface area contributed by atoms with Gasteiger partial charge in [0.1, 0.15) is 11.6 Å². The molecule has 0 radical (unpaired) electrons. The Balaban J connectivity index is 1.17. The largest absolute Gasteiger partial charge is 0.453 e. The summed E-state index contributed by atoms with van der Waals surface area (Å²) in [5.74, 6) is -0.530. The van der Waals surface area contributed by atoms with Crippen LogP contribution in [0.5, 0.6) is 11.5 Å². The number of likely N-dealkylation sites (tertiary alicyclic amines) is 1. The molecule has 2 aromatic carbocycles. The maximum absolute atomic E-state index is 15.2. The zero-order valence-corrected chi connectivity index (χ0v) is 24.6. The van der Waals surface area contributed by atoms with Crippen molar-refractivity contribution >= 4 is 27.3 Å². The van der Waals surface area contributed by atoms with E-state index in [2.05, 4.69) is 34.9 Å². The lowest BCUT2D eigenvalue weighted by atomic mass is 9.94. The number of hydrogen-bond donors (Lipinski definition) is 0. The molecule has 220 valence electrons. The van der Waals surface area contributed by atoms with Crippen molar-refractivity contribution in [3.8, 4) is 17.2 Å². The molecule has 3 aromatic heterocycles. The van der Waals surface area contributed by atoms with E-state index < -0.39 is 23.0 Å². The van der Waals surface area contributed by atoms with Crippen molar-refractivity contribution < 1.29 is 18.3 Å². The average molecular weight is 601 g/mol. The van der Waals surface area contributed by atoms with Gasteiger partial charge in [-0.3, -0.25) is 14.6 Å². The minimum atomic E-state index is -0.637. The Bertz CT molecular complexity index is 1840. The lowest BCUT2D eigenvalue weighted by Gasteiger charge is -2.34. The van der Waals surface area contributed by atoms with Gasteiger partial charge in [0.05, 0.1) is 21.5 Å². The molecule has 1 fully saturated rings. The molecule has 0 amide bonds. The van der Waals surface area contributed by atoms with Gasteiger partial charge in [-0.2, -0.15) is 9.78 Å². The van der Waals surface area contributed by atoms with E-state index in [1.165, 1.54) is 53.5 Å². The van der Waals surface area contributed by atoms with Crippen LogP contribution >= 0.6 is 11.3 Å². The summed E-state index contributed by atoms with van der Waals surface area (Å²) in [6.45, 7) is 6.59. The average Bonchev–Trinajstić information content (AvgIpc) is 3.45. The fraction of sp³-hybridized carbons (Fsp3) is 0.273. The van der Waals surface area contributed by atoms with Gasteiger partial charge in [0.15, 0.2) is 17.3 Å². The number of carbonyl (C=O) groups is 1. The smallest absolute Gasteiger partial charge is 0.282 e. The van der Waals surface area contributed by atoms with Gasteiger partial charge in [-0.25, -0.2) is 8.78 Å². The second-order valence-electron chi connectivity index (χ2n) is 11.0. The summed E-state index contributed by atoms with van der Waals surface area (Å²) in [4.78, 5) is 34.3. The number of ketones is 1. The molecule has 1 aliphatic rings. The van der Waals surface area contributed by atoms with Gasteiger partial charge in [0.2, 0.25) is 0 Å². The maximum Gasteiger partial charge on any atom is 0.282 e. The van der Waals surface area contributed by atoms with E-state index in [1.807, 2.05) is 0 Å². The van der Waals surface area contributed by atoms with Gasteiger partial charge in [-0.15, -0.1) is 11.3 Å². The lowest BCUT2D eigenvalue weighted by Crippen LogP contribution is -2.37. The number of ether oxygens (including phenoxy) is 1. The molecule has 0 unspecified atom stereocenters. The van der Waals surface area contributed by atoms with Crippen molar-refractivity contribution in [2.75, 3.05) is 13.1 Å². The molecule has 1 saturated heterocycles. The standard InChI is InChI=1S/C33H30F2N4O3S/c1-20(2)38-15-11-22(12-16-38)31-19-27-32(43-31)30(10-13-36-27)42-29-8-3-21(17-26(29)35)18-28(40)25-9-14-37-39(33(25)41)24-6-4-23(34)5-7-24/h3-10,13-14,17,19-20,22H,11-12,15-16,18H2,1-2H3. The maximum atomic E-state index is 15.2. The van der Waals surface area contributed by atoms with Crippen molar-refractivity contribution in [1.29, 1.82) is 0 Å². The second kappa shape index (κ2) is 12.1. The van der Waals surface area contributed by atoms with Crippen LogP contribution in [0.4, 0.5) is 8.78 Å². The number of Topliss-reactive ketones (excluding diaryl/α,β-unsaturated/α-hetero) is 1. The Morgan fingerprint density at radius 2 is 1.77 bits per heavy atom. The van der Waals surface area contributed by atoms with E-state index >= 15 is 4.39 Å². The Kier molecular flexibility index (Phi) is 8.14. The number of thiophene rings is 1. The molecule has 5 aromatic rings. The number of hydrogen-bond acceptors (Lipinski definition) is 7. The van der Waals surface area contributed by atoms with Crippen molar-refractivity contribution in [2.24, 2.45) is 0 Å². The molecule has 7 nitrogen and oxygen atoms in total. The highest BCUT2D eigenvalue weighted by molar-refractivity contribution is 7.19. The van der Waals surface area contributed by atoms with Crippen LogP contribution in [0.3, 0.4) is 0 Å². The molecule has 6 rings (SSSR count). The quantitative estimate of drug-likeness (QED) is 0.180. The third-order valence-electron chi connectivity index (χ3n) is 7.86. The topological polar surface area (TPSA) is 77.3 Å². The monoisotopic (exact) mass is 600 g/mol. The van der Waals surface area contributed by atoms with Crippen LogP contribution in [0.1, 0.15) is 53.4 Å². The molecule has 0 saturated carbocycles. The number of fused-ring (bicyclic) bond motifs is 1. The van der Waals surface area contributed by atoms with Crippen molar-refractivity contribution in [1.82, 2.24) is 19.7 Å². The van der Waals surface area contributed by atoms with Crippen LogP contribution in [0.2, 0.25) is 0 Å². The van der Waals surface area contributed by atoms with Gasteiger partial charge in [0, 0.05) is 35.8 Å². The number of benzene rings is 2. The van der Waals surface area contributed by atoms with Gasteiger partial charge in [-0.05, 0) is 99.8 Å².